The Bertz CT molecular complexity index is 427. The highest BCUT2D eigenvalue weighted by Gasteiger charge is 2.18. The molecule has 17 heavy (non-hydrogen) atoms. The van der Waals surface area contributed by atoms with Crippen LogP contribution in [0.1, 0.15) is 24.6 Å². The molecule has 0 aliphatic rings. The normalized spacial score (nSPS) is 10.6. The molecule has 1 heterocycles. The molecule has 0 unspecified atom stereocenters. The van der Waals surface area contributed by atoms with Crippen LogP contribution in [-0.2, 0) is 16.0 Å². The second kappa shape index (κ2) is 6.08. The highest BCUT2D eigenvalue weighted by atomic mass is 127. The first-order valence-electron chi connectivity index (χ1n) is 4.84. The molecule has 1 aromatic rings. The third kappa shape index (κ3) is 3.76. The molecule has 0 amide bonds. The molecule has 0 radical (unpaired) electrons. The van der Waals surface area contributed by atoms with Crippen molar-refractivity contribution in [3.8, 4) is 0 Å². The number of nitrogens with two attached hydrogens (primary N) is 1. The number of hydrogen-bond acceptors (Lipinski definition) is 4. The second-order valence-corrected chi connectivity index (χ2v) is 4.28. The number of halogens is 3. The summed E-state index contributed by atoms with van der Waals surface area (Å²) in [6.45, 7) is 1.89. The van der Waals surface area contributed by atoms with E-state index in [2.05, 4.69) is 4.98 Å². The molecule has 0 spiro atoms. The smallest absolute Gasteiger partial charge is 0.311 e. The zero-order valence-corrected chi connectivity index (χ0v) is 11.2. The fraction of sp³-hybridized carbons (Fsp3) is 0.400. The molecule has 0 saturated heterocycles. The van der Waals surface area contributed by atoms with Gasteiger partial charge < -0.3 is 10.5 Å². The van der Waals surface area contributed by atoms with Crippen molar-refractivity contribution in [1.29, 1.82) is 0 Å². The van der Waals surface area contributed by atoms with Crippen LogP contribution in [-0.4, -0.2) is 17.6 Å². The molecule has 7 heteroatoms. The number of rotatable bonds is 4. The highest BCUT2D eigenvalue weighted by molar-refractivity contribution is 14.1. The van der Waals surface area contributed by atoms with E-state index in [-0.39, 0.29) is 30.0 Å². The van der Waals surface area contributed by atoms with Crippen LogP contribution in [0.5, 0.6) is 0 Å². The molecule has 4 nitrogen and oxygen atoms in total. The number of nitrogens with zero attached hydrogens (tertiary/aromatic N) is 1. The van der Waals surface area contributed by atoms with Crippen molar-refractivity contribution in [2.75, 3.05) is 12.3 Å². The monoisotopic (exact) mass is 356 g/mol. The van der Waals surface area contributed by atoms with Gasteiger partial charge in [-0.25, -0.2) is 13.8 Å². The SMILES string of the molecule is CCOC(=O)Cc1nc(I)cc(C(F)F)c1N. The molecule has 0 saturated carbocycles. The Balaban J connectivity index is 3.03. The lowest BCUT2D eigenvalue weighted by molar-refractivity contribution is -0.142. The van der Waals surface area contributed by atoms with E-state index in [4.69, 9.17) is 10.5 Å². The van der Waals surface area contributed by atoms with Gasteiger partial charge in [-0.05, 0) is 35.6 Å². The van der Waals surface area contributed by atoms with Crippen molar-refractivity contribution in [3.63, 3.8) is 0 Å². The van der Waals surface area contributed by atoms with E-state index in [0.29, 0.717) is 3.70 Å². The first kappa shape index (κ1) is 14.1. The lowest BCUT2D eigenvalue weighted by atomic mass is 10.1. The highest BCUT2D eigenvalue weighted by Crippen LogP contribution is 2.28. The van der Waals surface area contributed by atoms with Gasteiger partial charge in [-0.15, -0.1) is 0 Å². The van der Waals surface area contributed by atoms with E-state index in [1.165, 1.54) is 6.07 Å². The maximum atomic E-state index is 12.6. The molecule has 0 aliphatic carbocycles. The van der Waals surface area contributed by atoms with Crippen LogP contribution in [0.15, 0.2) is 6.07 Å². The van der Waals surface area contributed by atoms with Gasteiger partial charge in [0.2, 0.25) is 0 Å². The number of esters is 1. The van der Waals surface area contributed by atoms with Gasteiger partial charge in [0, 0.05) is 5.56 Å². The third-order valence-electron chi connectivity index (χ3n) is 1.99. The lowest BCUT2D eigenvalue weighted by Crippen LogP contribution is -2.13. The summed E-state index contributed by atoms with van der Waals surface area (Å²) in [6, 6.07) is 1.20. The fourth-order valence-electron chi connectivity index (χ4n) is 1.26. The lowest BCUT2D eigenvalue weighted by Gasteiger charge is -2.10. The first-order valence-corrected chi connectivity index (χ1v) is 5.92. The van der Waals surface area contributed by atoms with Crippen molar-refractivity contribution in [2.45, 2.75) is 19.8 Å². The molecule has 1 rings (SSSR count). The summed E-state index contributed by atoms with van der Waals surface area (Å²) in [6.07, 6.45) is -2.89. The summed E-state index contributed by atoms with van der Waals surface area (Å²) in [5.74, 6) is -0.533. The zero-order chi connectivity index (χ0) is 13.0. The number of carbonyl (C=O) groups is 1. The van der Waals surface area contributed by atoms with Crippen LogP contribution >= 0.6 is 22.6 Å². The number of hydrogen-bond donors (Lipinski definition) is 1. The minimum atomic E-state index is -2.69. The molecule has 1 aromatic heterocycles. The number of nitrogen functional groups attached to an aromatic ring is 1. The van der Waals surface area contributed by atoms with Gasteiger partial charge in [-0.1, -0.05) is 0 Å². The van der Waals surface area contributed by atoms with Crippen molar-refractivity contribution in [3.05, 3.63) is 21.0 Å². The van der Waals surface area contributed by atoms with Crippen LogP contribution in [0, 0.1) is 3.70 Å². The van der Waals surface area contributed by atoms with Crippen LogP contribution in [0.4, 0.5) is 14.5 Å². The van der Waals surface area contributed by atoms with Gasteiger partial charge in [-0.3, -0.25) is 4.79 Å². The Kier molecular flexibility index (Phi) is 5.03. The third-order valence-corrected chi connectivity index (χ3v) is 2.54. The Hall–Kier alpha value is -0.990. The largest absolute Gasteiger partial charge is 0.466 e. The zero-order valence-electron chi connectivity index (χ0n) is 9.04. The quantitative estimate of drug-likeness (QED) is 0.511. The number of anilines is 1. The summed E-state index contributed by atoms with van der Waals surface area (Å²) in [7, 11) is 0. The van der Waals surface area contributed by atoms with E-state index >= 15 is 0 Å². The number of pyridine rings is 1. The van der Waals surface area contributed by atoms with Crippen LogP contribution in [0.2, 0.25) is 0 Å². The Morgan fingerprint density at radius 3 is 2.82 bits per heavy atom. The Morgan fingerprint density at radius 2 is 2.29 bits per heavy atom. The first-order chi connectivity index (χ1) is 7.95. The van der Waals surface area contributed by atoms with Crippen LogP contribution < -0.4 is 5.73 Å². The summed E-state index contributed by atoms with van der Waals surface area (Å²) >= 11 is 1.80. The van der Waals surface area contributed by atoms with Gasteiger partial charge in [-0.2, -0.15) is 0 Å². The van der Waals surface area contributed by atoms with Crippen molar-refractivity contribution in [2.24, 2.45) is 0 Å². The van der Waals surface area contributed by atoms with Gasteiger partial charge in [0.1, 0.15) is 3.70 Å². The van der Waals surface area contributed by atoms with E-state index in [1.54, 1.807) is 29.5 Å². The molecular weight excluding hydrogens is 345 g/mol. The number of aromatic nitrogens is 1. The van der Waals surface area contributed by atoms with E-state index < -0.39 is 12.4 Å². The minimum absolute atomic E-state index is 0.130. The number of ether oxygens (including phenoxy) is 1. The number of carbonyl (C=O) groups excluding carboxylic acids is 1. The van der Waals surface area contributed by atoms with Gasteiger partial charge in [0.05, 0.1) is 24.4 Å². The van der Waals surface area contributed by atoms with E-state index in [1.807, 2.05) is 0 Å². The summed E-state index contributed by atoms with van der Waals surface area (Å²) in [4.78, 5) is 15.2. The molecule has 2 N–H and O–H groups in total. The van der Waals surface area contributed by atoms with Gasteiger partial charge in [0.15, 0.2) is 0 Å². The van der Waals surface area contributed by atoms with Crippen molar-refractivity contribution >= 4 is 34.2 Å². The van der Waals surface area contributed by atoms with Gasteiger partial charge in [0.25, 0.3) is 6.43 Å². The summed E-state index contributed by atoms with van der Waals surface area (Å²) in [5.41, 5.74) is 5.23. The van der Waals surface area contributed by atoms with Crippen LogP contribution in [0.3, 0.4) is 0 Å². The topological polar surface area (TPSA) is 65.2 Å². The molecular formula is C10H11F2IN2O2. The molecule has 0 fully saturated rings. The second-order valence-electron chi connectivity index (χ2n) is 3.18. The fourth-order valence-corrected chi connectivity index (χ4v) is 1.88. The number of alkyl halides is 2. The maximum Gasteiger partial charge on any atom is 0.311 e. The molecule has 0 aliphatic heterocycles. The molecule has 0 atom stereocenters. The van der Waals surface area contributed by atoms with Gasteiger partial charge >= 0.3 is 5.97 Å². The van der Waals surface area contributed by atoms with Crippen molar-refractivity contribution < 1.29 is 18.3 Å². The predicted octanol–water partition coefficient (Wildman–Crippen LogP) is 2.31. The molecule has 0 bridgehead atoms. The molecule has 94 valence electrons. The Morgan fingerprint density at radius 1 is 1.65 bits per heavy atom. The summed E-state index contributed by atoms with van der Waals surface area (Å²) < 4.78 is 30.4. The average molecular weight is 356 g/mol. The summed E-state index contributed by atoms with van der Waals surface area (Å²) in [5, 5.41) is 0. The predicted molar refractivity (Wildman–Crippen MR) is 66.7 cm³/mol. The van der Waals surface area contributed by atoms with Crippen LogP contribution in [0.25, 0.3) is 0 Å². The van der Waals surface area contributed by atoms with E-state index in [9.17, 15) is 13.6 Å². The molecule has 0 aromatic carbocycles. The maximum absolute atomic E-state index is 12.6. The Labute approximate surface area is 111 Å². The van der Waals surface area contributed by atoms with Crippen molar-refractivity contribution in [1.82, 2.24) is 4.98 Å². The standard InChI is InChI=1S/C10H11F2IN2O2/c1-2-17-8(16)4-6-9(14)5(10(11)12)3-7(13)15-6/h3,10H,2,4,14H2,1H3. The van der Waals surface area contributed by atoms with E-state index in [0.717, 1.165) is 0 Å². The minimum Gasteiger partial charge on any atom is -0.466 e. The average Bonchev–Trinajstić information content (AvgIpc) is 2.22.